The van der Waals surface area contributed by atoms with E-state index >= 15 is 0 Å². The maximum atomic E-state index is 2.54. The van der Waals surface area contributed by atoms with Crippen molar-refractivity contribution in [1.29, 1.82) is 0 Å². The average Bonchev–Trinajstić information content (AvgIpc) is 3.41. The average molecular weight is 697 g/mol. The van der Waals surface area contributed by atoms with Crippen molar-refractivity contribution in [3.63, 3.8) is 0 Å². The number of fused-ring (bicyclic) bond motifs is 5. The minimum absolute atomic E-state index is 0.137. The summed E-state index contributed by atoms with van der Waals surface area (Å²) in [6.45, 7) is 4.91. The number of hydrogen-bond acceptors (Lipinski definition) is 0. The van der Waals surface area contributed by atoms with Gasteiger partial charge in [-0.15, -0.1) is 0 Å². The van der Waals surface area contributed by atoms with Crippen LogP contribution in [0.3, 0.4) is 0 Å². The molecule has 2 aliphatic carbocycles. The molecule has 0 aromatic heterocycles. The van der Waals surface area contributed by atoms with E-state index in [4.69, 9.17) is 0 Å². The molecule has 3 atom stereocenters. The Morgan fingerprint density at radius 3 is 2.28 bits per heavy atom. The van der Waals surface area contributed by atoms with Gasteiger partial charge in [0.15, 0.2) is 0 Å². The van der Waals surface area contributed by atoms with Gasteiger partial charge in [-0.2, -0.15) is 0 Å². The molecule has 0 fully saturated rings. The third-order valence-electron chi connectivity index (χ3n) is 12.5. The normalized spacial score (nSPS) is 15.6. The van der Waals surface area contributed by atoms with Crippen LogP contribution >= 0.6 is 0 Å². The zero-order valence-corrected chi connectivity index (χ0v) is 31.5. The highest BCUT2D eigenvalue weighted by atomic mass is 14.4. The van der Waals surface area contributed by atoms with Crippen LogP contribution in [-0.2, 0) is 24.7 Å². The third kappa shape index (κ3) is 6.45. The van der Waals surface area contributed by atoms with Gasteiger partial charge in [0, 0.05) is 5.41 Å². The lowest BCUT2D eigenvalue weighted by atomic mass is 9.68. The van der Waals surface area contributed by atoms with E-state index in [-0.39, 0.29) is 5.41 Å². The van der Waals surface area contributed by atoms with Crippen molar-refractivity contribution in [1.82, 2.24) is 0 Å². The minimum atomic E-state index is -0.137. The number of benzene rings is 7. The summed E-state index contributed by atoms with van der Waals surface area (Å²) < 4.78 is 0. The van der Waals surface area contributed by atoms with Crippen molar-refractivity contribution < 1.29 is 0 Å². The molecule has 0 saturated heterocycles. The van der Waals surface area contributed by atoms with Crippen LogP contribution in [0.1, 0.15) is 77.5 Å². The highest BCUT2D eigenvalue weighted by Crippen LogP contribution is 2.43. The molecule has 9 rings (SSSR count). The second-order valence-corrected chi connectivity index (χ2v) is 15.8. The SMILES string of the molecule is CC(c1ccccc1)C(Cc1cccc2ccccc12)c1ccc2c(c1)-c1cc(C[C@](C)(C3=c4ccccc4=CCC3)c3ccccc3)ccc1CC=C2. The fraction of sp³-hybridized carbons (Fsp3) is 0.185. The summed E-state index contributed by atoms with van der Waals surface area (Å²) in [5.41, 5.74) is 13.9. The summed E-state index contributed by atoms with van der Waals surface area (Å²) in [6, 6.07) is 61.7. The summed E-state index contributed by atoms with van der Waals surface area (Å²) in [7, 11) is 0. The van der Waals surface area contributed by atoms with Crippen molar-refractivity contribution in [3.8, 4) is 11.1 Å². The van der Waals surface area contributed by atoms with E-state index in [1.54, 1.807) is 5.57 Å². The van der Waals surface area contributed by atoms with Gasteiger partial charge in [0.25, 0.3) is 0 Å². The van der Waals surface area contributed by atoms with E-state index in [0.29, 0.717) is 11.8 Å². The van der Waals surface area contributed by atoms with E-state index < -0.39 is 0 Å². The number of hydrogen-bond donors (Lipinski definition) is 0. The van der Waals surface area contributed by atoms with Gasteiger partial charge in [-0.05, 0) is 115 Å². The first-order valence-electron chi connectivity index (χ1n) is 19.8. The van der Waals surface area contributed by atoms with Crippen molar-refractivity contribution in [3.05, 3.63) is 219 Å². The molecule has 54 heavy (non-hydrogen) atoms. The maximum absolute atomic E-state index is 2.54. The van der Waals surface area contributed by atoms with Gasteiger partial charge in [0.2, 0.25) is 0 Å². The Balaban J connectivity index is 1.16. The van der Waals surface area contributed by atoms with Crippen LogP contribution in [0.15, 0.2) is 170 Å². The van der Waals surface area contributed by atoms with E-state index in [0.717, 1.165) is 32.1 Å². The molecule has 2 aliphatic rings. The summed E-state index contributed by atoms with van der Waals surface area (Å²) in [5, 5.41) is 5.45. The highest BCUT2D eigenvalue weighted by molar-refractivity contribution is 5.86. The monoisotopic (exact) mass is 696 g/mol. The zero-order chi connectivity index (χ0) is 36.5. The van der Waals surface area contributed by atoms with Crippen LogP contribution in [0.4, 0.5) is 0 Å². The molecule has 0 saturated carbocycles. The molecule has 7 aromatic rings. The first kappa shape index (κ1) is 34.1. The van der Waals surface area contributed by atoms with Gasteiger partial charge in [0.1, 0.15) is 0 Å². The minimum Gasteiger partial charge on any atom is -0.0795 e. The van der Waals surface area contributed by atoms with Crippen LogP contribution in [0.5, 0.6) is 0 Å². The Labute approximate surface area is 320 Å². The molecule has 0 nitrogen and oxygen atoms in total. The first-order chi connectivity index (χ1) is 26.5. The molecule has 0 N–H and O–H groups in total. The van der Waals surface area contributed by atoms with Gasteiger partial charge < -0.3 is 0 Å². The Bertz CT molecular complexity index is 2600. The van der Waals surface area contributed by atoms with E-state index in [9.17, 15) is 0 Å². The van der Waals surface area contributed by atoms with Crippen LogP contribution in [0.25, 0.3) is 39.6 Å². The molecular weight excluding hydrogens is 649 g/mol. The highest BCUT2D eigenvalue weighted by Gasteiger charge is 2.33. The van der Waals surface area contributed by atoms with Gasteiger partial charge in [-0.25, -0.2) is 0 Å². The van der Waals surface area contributed by atoms with E-state index in [1.807, 2.05) is 0 Å². The van der Waals surface area contributed by atoms with Crippen LogP contribution in [0, 0.1) is 0 Å². The molecule has 0 spiro atoms. The Kier molecular flexibility index (Phi) is 9.21. The number of allylic oxidation sites excluding steroid dienone is 1. The maximum Gasteiger partial charge on any atom is 0.0183 e. The fourth-order valence-electron chi connectivity index (χ4n) is 9.56. The topological polar surface area (TPSA) is 0 Å². The van der Waals surface area contributed by atoms with E-state index in [1.165, 1.54) is 71.3 Å². The molecule has 0 radical (unpaired) electrons. The Morgan fingerprint density at radius 1 is 0.648 bits per heavy atom. The molecule has 0 heteroatoms. The Hall–Kier alpha value is -5.72. The van der Waals surface area contributed by atoms with Crippen molar-refractivity contribution in [2.45, 2.75) is 63.2 Å². The first-order valence-corrected chi connectivity index (χ1v) is 19.8. The van der Waals surface area contributed by atoms with Crippen molar-refractivity contribution in [2.24, 2.45) is 0 Å². The second kappa shape index (κ2) is 14.6. The second-order valence-electron chi connectivity index (χ2n) is 15.8. The van der Waals surface area contributed by atoms with Crippen LogP contribution in [-0.4, -0.2) is 0 Å². The molecule has 0 aliphatic heterocycles. The summed E-state index contributed by atoms with van der Waals surface area (Å²) in [6.07, 6.45) is 12.2. The predicted octanol–water partition coefficient (Wildman–Crippen LogP) is 12.1. The predicted molar refractivity (Wildman–Crippen MR) is 230 cm³/mol. The Morgan fingerprint density at radius 2 is 1.41 bits per heavy atom. The molecule has 264 valence electrons. The summed E-state index contributed by atoms with van der Waals surface area (Å²) in [4.78, 5) is 0. The standard InChI is InChI=1S/C54H48/c1-38(40-16-5-3-6-17-40)50(35-45-24-14-20-41-18-9-11-27-48(41)45)46-33-32-44-22-13-21-43-31-30-39(34-51(43)52(44)36-46)37-54(2,47-25-7-4-8-26-47)53-29-15-23-42-19-10-12-28-49(42)53/h3-14,16-20,22-28,30-34,36,38,50H,15,21,29,35,37H2,1-2H3/t38?,50?,54-/m0/s1. The van der Waals surface area contributed by atoms with Gasteiger partial charge >= 0.3 is 0 Å². The molecule has 0 bridgehead atoms. The molecule has 0 heterocycles. The van der Waals surface area contributed by atoms with Crippen molar-refractivity contribution in [2.75, 3.05) is 0 Å². The van der Waals surface area contributed by atoms with Gasteiger partial charge in [0.05, 0.1) is 0 Å². The van der Waals surface area contributed by atoms with Crippen molar-refractivity contribution >= 4 is 28.5 Å². The van der Waals surface area contributed by atoms with Gasteiger partial charge in [-0.3, -0.25) is 0 Å². The van der Waals surface area contributed by atoms with Crippen LogP contribution < -0.4 is 10.4 Å². The molecule has 2 unspecified atom stereocenters. The fourth-order valence-corrected chi connectivity index (χ4v) is 9.56. The molecule has 0 amide bonds. The lowest BCUT2D eigenvalue weighted by Gasteiger charge is -2.35. The van der Waals surface area contributed by atoms with E-state index in [2.05, 4.69) is 196 Å². The number of rotatable bonds is 9. The molecular formula is C54H48. The largest absolute Gasteiger partial charge is 0.0795 e. The smallest absolute Gasteiger partial charge is 0.0183 e. The quantitative estimate of drug-likeness (QED) is 0.141. The summed E-state index contributed by atoms with van der Waals surface area (Å²) in [5.74, 6) is 0.651. The summed E-state index contributed by atoms with van der Waals surface area (Å²) >= 11 is 0. The lowest BCUT2D eigenvalue weighted by Crippen LogP contribution is -2.38. The van der Waals surface area contributed by atoms with Gasteiger partial charge in [-0.1, -0.05) is 201 Å². The third-order valence-corrected chi connectivity index (χ3v) is 12.5. The zero-order valence-electron chi connectivity index (χ0n) is 31.5. The molecule has 7 aromatic carbocycles. The van der Waals surface area contributed by atoms with Crippen LogP contribution in [0.2, 0.25) is 0 Å². The lowest BCUT2D eigenvalue weighted by molar-refractivity contribution is 0.574.